The average Bonchev–Trinajstić information content (AvgIpc) is 3.28. The van der Waals surface area contributed by atoms with Crippen molar-refractivity contribution in [2.45, 2.75) is 51.7 Å². The van der Waals surface area contributed by atoms with E-state index in [9.17, 15) is 9.59 Å². The second-order valence-electron chi connectivity index (χ2n) is 8.80. The molecule has 32 heavy (non-hydrogen) atoms. The van der Waals surface area contributed by atoms with E-state index in [0.29, 0.717) is 16.9 Å². The summed E-state index contributed by atoms with van der Waals surface area (Å²) in [5.74, 6) is 0.594. The lowest BCUT2D eigenvalue weighted by atomic mass is 9.73. The Kier molecular flexibility index (Phi) is 6.34. The molecule has 9 nitrogen and oxygen atoms in total. The van der Waals surface area contributed by atoms with Gasteiger partial charge in [-0.25, -0.2) is 14.8 Å². The number of aromatic nitrogens is 4. The maximum Gasteiger partial charge on any atom is 0.407 e. The molecule has 2 amide bonds. The first kappa shape index (κ1) is 21.7. The number of hydrogen-bond acceptors (Lipinski definition) is 6. The lowest BCUT2D eigenvalue weighted by Gasteiger charge is -2.39. The molecule has 0 unspecified atom stereocenters. The van der Waals surface area contributed by atoms with Crippen LogP contribution in [0.25, 0.3) is 11.0 Å². The van der Waals surface area contributed by atoms with Crippen LogP contribution in [-0.4, -0.2) is 37.7 Å². The number of rotatable bonds is 6. The lowest BCUT2D eigenvalue weighted by Crippen LogP contribution is -2.50. The van der Waals surface area contributed by atoms with E-state index in [0.717, 1.165) is 31.2 Å². The lowest BCUT2D eigenvalue weighted by molar-refractivity contribution is -0.121. The molecule has 3 aromatic rings. The molecule has 2 heterocycles. The van der Waals surface area contributed by atoms with Gasteiger partial charge in [-0.2, -0.15) is 5.10 Å². The third-order valence-electron chi connectivity index (χ3n) is 6.25. The number of hydrogen-bond donors (Lipinski definition) is 3. The van der Waals surface area contributed by atoms with Gasteiger partial charge in [0.15, 0.2) is 5.65 Å². The van der Waals surface area contributed by atoms with Crippen molar-refractivity contribution < 1.29 is 14.3 Å². The Labute approximate surface area is 186 Å². The fourth-order valence-electron chi connectivity index (χ4n) is 4.28. The maximum absolute atomic E-state index is 12.8. The number of carbonyl (C=O) groups is 2. The van der Waals surface area contributed by atoms with Crippen molar-refractivity contribution >= 4 is 28.9 Å². The average molecular weight is 437 g/mol. The van der Waals surface area contributed by atoms with Crippen LogP contribution in [-0.2, 0) is 16.1 Å². The van der Waals surface area contributed by atoms with E-state index < -0.39 is 11.6 Å². The van der Waals surface area contributed by atoms with Crippen LogP contribution in [0.15, 0.2) is 42.9 Å². The molecule has 0 radical (unpaired) electrons. The minimum atomic E-state index is -0.426. The van der Waals surface area contributed by atoms with Gasteiger partial charge in [0.05, 0.1) is 11.6 Å². The molecule has 0 atom stereocenters. The van der Waals surface area contributed by atoms with Crippen LogP contribution in [0.2, 0.25) is 0 Å². The molecule has 0 aliphatic heterocycles. The Balaban J connectivity index is 1.27. The van der Waals surface area contributed by atoms with Crippen molar-refractivity contribution in [2.75, 3.05) is 5.32 Å². The van der Waals surface area contributed by atoms with E-state index in [2.05, 4.69) is 30.8 Å². The largest absolute Gasteiger partial charge is 0.445 e. The first-order valence-corrected chi connectivity index (χ1v) is 10.9. The predicted molar refractivity (Wildman–Crippen MR) is 120 cm³/mol. The van der Waals surface area contributed by atoms with E-state index in [-0.39, 0.29) is 24.3 Å². The quantitative estimate of drug-likeness (QED) is 0.540. The smallest absolute Gasteiger partial charge is 0.407 e. The Morgan fingerprint density at radius 2 is 1.88 bits per heavy atom. The van der Waals surface area contributed by atoms with Gasteiger partial charge in [0.25, 0.3) is 0 Å². The van der Waals surface area contributed by atoms with Crippen LogP contribution in [0.1, 0.15) is 45.1 Å². The molecule has 0 saturated heterocycles. The molecule has 0 spiro atoms. The summed E-state index contributed by atoms with van der Waals surface area (Å²) in [6.45, 7) is 4.26. The van der Waals surface area contributed by atoms with Gasteiger partial charge in [-0.3, -0.25) is 9.89 Å². The molecule has 3 N–H and O–H groups in total. The molecule has 168 valence electrons. The molecule has 4 rings (SSSR count). The Morgan fingerprint density at radius 3 is 2.62 bits per heavy atom. The standard InChI is InChI=1S/C23H28N6O3/c1-23(2,28-22(31)32-13-15-6-4-3-5-7-15)17-10-8-16(9-11-17)21(30)27-19-18-12-26-29-20(18)25-14-24-19/h3-7,12,14,16-17H,8-11,13H2,1-2H3,(H,28,31)(H2,24,25,26,27,29,30)/t16-,17-. The summed E-state index contributed by atoms with van der Waals surface area (Å²) in [4.78, 5) is 33.4. The highest BCUT2D eigenvalue weighted by atomic mass is 16.5. The number of benzene rings is 1. The normalized spacial score (nSPS) is 18.8. The number of alkyl carbamates (subject to hydrolysis) is 1. The zero-order valence-electron chi connectivity index (χ0n) is 18.3. The second-order valence-corrected chi connectivity index (χ2v) is 8.80. The highest BCUT2D eigenvalue weighted by Crippen LogP contribution is 2.36. The topological polar surface area (TPSA) is 122 Å². The van der Waals surface area contributed by atoms with Crippen molar-refractivity contribution in [3.8, 4) is 0 Å². The molecule has 9 heteroatoms. The highest BCUT2D eigenvalue weighted by molar-refractivity contribution is 5.98. The maximum atomic E-state index is 12.8. The van der Waals surface area contributed by atoms with Crippen LogP contribution < -0.4 is 10.6 Å². The number of ether oxygens (including phenoxy) is 1. The summed E-state index contributed by atoms with van der Waals surface area (Å²) in [5, 5.41) is 13.3. The molecular formula is C23H28N6O3. The van der Waals surface area contributed by atoms with Crippen LogP contribution >= 0.6 is 0 Å². The summed E-state index contributed by atoms with van der Waals surface area (Å²) in [6, 6.07) is 9.60. The SMILES string of the molecule is CC(C)(NC(=O)OCc1ccccc1)[C@H]1CC[C@H](C(=O)Nc2ncnc3[nH]ncc23)CC1. The first-order valence-electron chi connectivity index (χ1n) is 10.9. The van der Waals surface area contributed by atoms with Crippen molar-refractivity contribution in [1.29, 1.82) is 0 Å². The Hall–Kier alpha value is -3.49. The molecule has 2 aromatic heterocycles. The van der Waals surface area contributed by atoms with E-state index in [1.807, 2.05) is 44.2 Å². The van der Waals surface area contributed by atoms with Crippen molar-refractivity contribution in [1.82, 2.24) is 25.5 Å². The van der Waals surface area contributed by atoms with Gasteiger partial charge in [-0.05, 0) is 51.0 Å². The molecule has 1 fully saturated rings. The van der Waals surface area contributed by atoms with Crippen LogP contribution in [0.5, 0.6) is 0 Å². The van der Waals surface area contributed by atoms with E-state index in [1.165, 1.54) is 6.33 Å². The number of amides is 2. The third kappa shape index (κ3) is 5.04. The van der Waals surface area contributed by atoms with Crippen LogP contribution in [0, 0.1) is 11.8 Å². The number of nitrogens with one attached hydrogen (secondary N) is 3. The number of carbonyl (C=O) groups excluding carboxylic acids is 2. The van der Waals surface area contributed by atoms with Gasteiger partial charge in [-0.1, -0.05) is 30.3 Å². The van der Waals surface area contributed by atoms with Gasteiger partial charge in [0, 0.05) is 11.5 Å². The number of H-pyrrole nitrogens is 1. The summed E-state index contributed by atoms with van der Waals surface area (Å²) in [7, 11) is 0. The predicted octanol–water partition coefficient (Wildman–Crippen LogP) is 3.80. The molecular weight excluding hydrogens is 408 g/mol. The molecule has 1 aliphatic rings. The Bertz CT molecular complexity index is 1070. The summed E-state index contributed by atoms with van der Waals surface area (Å²) < 4.78 is 5.38. The Morgan fingerprint density at radius 1 is 1.12 bits per heavy atom. The molecule has 1 aromatic carbocycles. The minimum Gasteiger partial charge on any atom is -0.445 e. The first-order chi connectivity index (χ1) is 15.4. The van der Waals surface area contributed by atoms with Gasteiger partial charge >= 0.3 is 6.09 Å². The number of aromatic amines is 1. The van der Waals surface area contributed by atoms with E-state index >= 15 is 0 Å². The van der Waals surface area contributed by atoms with Crippen molar-refractivity contribution in [3.05, 3.63) is 48.4 Å². The fourth-order valence-corrected chi connectivity index (χ4v) is 4.28. The highest BCUT2D eigenvalue weighted by Gasteiger charge is 2.36. The number of fused-ring (bicyclic) bond motifs is 1. The van der Waals surface area contributed by atoms with Gasteiger partial charge in [-0.15, -0.1) is 0 Å². The monoisotopic (exact) mass is 436 g/mol. The van der Waals surface area contributed by atoms with Gasteiger partial charge < -0.3 is 15.4 Å². The zero-order chi connectivity index (χ0) is 22.6. The van der Waals surface area contributed by atoms with Gasteiger partial charge in [0.1, 0.15) is 18.8 Å². The van der Waals surface area contributed by atoms with Crippen LogP contribution in [0.4, 0.5) is 10.6 Å². The van der Waals surface area contributed by atoms with Crippen LogP contribution in [0.3, 0.4) is 0 Å². The van der Waals surface area contributed by atoms with Crippen molar-refractivity contribution in [3.63, 3.8) is 0 Å². The summed E-state index contributed by atoms with van der Waals surface area (Å²) >= 11 is 0. The molecule has 1 aliphatic carbocycles. The molecule has 0 bridgehead atoms. The zero-order valence-corrected chi connectivity index (χ0v) is 18.3. The minimum absolute atomic E-state index is 0.0438. The third-order valence-corrected chi connectivity index (χ3v) is 6.25. The second kappa shape index (κ2) is 9.33. The number of anilines is 1. The van der Waals surface area contributed by atoms with E-state index in [4.69, 9.17) is 4.74 Å². The fraction of sp³-hybridized carbons (Fsp3) is 0.435. The number of nitrogens with zero attached hydrogens (tertiary/aromatic N) is 3. The van der Waals surface area contributed by atoms with Gasteiger partial charge in [0.2, 0.25) is 5.91 Å². The molecule has 1 saturated carbocycles. The summed E-state index contributed by atoms with van der Waals surface area (Å²) in [5.41, 5.74) is 1.11. The van der Waals surface area contributed by atoms with Crippen molar-refractivity contribution in [2.24, 2.45) is 11.8 Å². The summed E-state index contributed by atoms with van der Waals surface area (Å²) in [6.07, 6.45) is 5.77. The van der Waals surface area contributed by atoms with E-state index in [1.54, 1.807) is 6.20 Å².